The Morgan fingerprint density at radius 2 is 1.79 bits per heavy atom. The molecule has 0 saturated heterocycles. The third-order valence-corrected chi connectivity index (χ3v) is 3.98. The van der Waals surface area contributed by atoms with Crippen LogP contribution in [-0.4, -0.2) is 18.9 Å². The number of anilines is 2. The highest BCUT2D eigenvalue weighted by atomic mass is 35.5. The first kappa shape index (κ1) is 16.1. The first-order valence-corrected chi connectivity index (χ1v) is 7.65. The second-order valence-electron chi connectivity index (χ2n) is 5.33. The van der Waals surface area contributed by atoms with Crippen molar-refractivity contribution in [2.75, 3.05) is 17.3 Å². The van der Waals surface area contributed by atoms with E-state index in [0.717, 1.165) is 10.5 Å². The molecule has 0 saturated carbocycles. The average molecular weight is 343 g/mol. The van der Waals surface area contributed by atoms with Gasteiger partial charge in [-0.2, -0.15) is 0 Å². The van der Waals surface area contributed by atoms with Gasteiger partial charge in [-0.25, -0.2) is 4.90 Å². The summed E-state index contributed by atoms with van der Waals surface area (Å²) in [6.45, 7) is 1.94. The zero-order valence-electron chi connectivity index (χ0n) is 13.2. The van der Waals surface area contributed by atoms with E-state index in [1.54, 1.807) is 30.3 Å². The van der Waals surface area contributed by atoms with Crippen LogP contribution in [0.3, 0.4) is 0 Å². The second-order valence-corrected chi connectivity index (χ2v) is 5.71. The van der Waals surface area contributed by atoms with Crippen molar-refractivity contribution >= 4 is 34.8 Å². The molecular weight excluding hydrogens is 328 g/mol. The summed E-state index contributed by atoms with van der Waals surface area (Å²) in [5.74, 6) is -0.519. The van der Waals surface area contributed by atoms with Crippen LogP contribution in [-0.2, 0) is 9.59 Å². The lowest BCUT2D eigenvalue weighted by molar-refractivity contribution is -0.120. The smallest absolute Gasteiger partial charge is 0.283 e. The van der Waals surface area contributed by atoms with Crippen LogP contribution in [0.4, 0.5) is 11.4 Å². The number of rotatable bonds is 4. The van der Waals surface area contributed by atoms with Crippen LogP contribution < -0.4 is 15.0 Å². The Hall–Kier alpha value is -2.79. The van der Waals surface area contributed by atoms with E-state index in [4.69, 9.17) is 16.3 Å². The quantitative estimate of drug-likeness (QED) is 0.865. The second kappa shape index (κ2) is 6.37. The van der Waals surface area contributed by atoms with Gasteiger partial charge in [-0.1, -0.05) is 29.8 Å². The number of carbonyl (C=O) groups is 2. The molecule has 0 atom stereocenters. The lowest BCUT2D eigenvalue weighted by atomic mass is 10.2. The van der Waals surface area contributed by atoms with Gasteiger partial charge in [-0.3, -0.25) is 9.59 Å². The molecule has 5 nitrogen and oxygen atoms in total. The maximum Gasteiger partial charge on any atom is 0.283 e. The fraction of sp³-hybridized carbons (Fsp3) is 0.111. The van der Waals surface area contributed by atoms with Gasteiger partial charge in [0.25, 0.3) is 11.8 Å². The van der Waals surface area contributed by atoms with Crippen LogP contribution in [0.25, 0.3) is 0 Å². The standard InChI is InChI=1S/C18H15ClN2O3/c1-11-5-3-6-12(9-11)20-16-15(19)17(22)21(18(16)23)13-7-4-8-14(10-13)24-2/h3-10,20H,1-2H3. The molecule has 6 heteroatoms. The Kier molecular flexibility index (Phi) is 4.27. The first-order chi connectivity index (χ1) is 11.5. The van der Waals surface area contributed by atoms with Crippen molar-refractivity contribution in [2.45, 2.75) is 6.92 Å². The van der Waals surface area contributed by atoms with E-state index < -0.39 is 11.8 Å². The number of hydrogen-bond donors (Lipinski definition) is 1. The molecule has 1 aliphatic rings. The van der Waals surface area contributed by atoms with E-state index >= 15 is 0 Å². The van der Waals surface area contributed by atoms with E-state index in [2.05, 4.69) is 5.32 Å². The summed E-state index contributed by atoms with van der Waals surface area (Å²) in [6.07, 6.45) is 0. The number of amides is 2. The van der Waals surface area contributed by atoms with E-state index in [1.807, 2.05) is 25.1 Å². The molecule has 122 valence electrons. The van der Waals surface area contributed by atoms with Gasteiger partial charge in [0.2, 0.25) is 0 Å². The normalized spacial score (nSPS) is 14.4. The van der Waals surface area contributed by atoms with E-state index in [0.29, 0.717) is 17.1 Å². The topological polar surface area (TPSA) is 58.6 Å². The SMILES string of the molecule is COc1cccc(N2C(=O)C(Cl)=C(Nc3cccc(C)c3)C2=O)c1. The summed E-state index contributed by atoms with van der Waals surface area (Å²) in [5.41, 5.74) is 2.19. The van der Waals surface area contributed by atoms with Gasteiger partial charge in [0, 0.05) is 11.8 Å². The number of ether oxygens (including phenoxy) is 1. The Labute approximate surface area is 144 Å². The molecule has 3 rings (SSSR count). The third kappa shape index (κ3) is 2.86. The maximum absolute atomic E-state index is 12.7. The lowest BCUT2D eigenvalue weighted by Gasteiger charge is -2.16. The summed E-state index contributed by atoms with van der Waals surface area (Å²) in [4.78, 5) is 26.1. The molecule has 1 aliphatic heterocycles. The predicted molar refractivity (Wildman–Crippen MR) is 93.2 cm³/mol. The van der Waals surface area contributed by atoms with E-state index in [-0.39, 0.29) is 10.7 Å². The fourth-order valence-electron chi connectivity index (χ4n) is 2.46. The molecule has 2 amide bonds. The van der Waals surface area contributed by atoms with Gasteiger partial charge in [-0.05, 0) is 36.8 Å². The number of aryl methyl sites for hydroxylation is 1. The summed E-state index contributed by atoms with van der Waals surface area (Å²) in [5, 5.41) is 2.81. The average Bonchev–Trinajstić information content (AvgIpc) is 2.78. The zero-order valence-corrected chi connectivity index (χ0v) is 13.9. The van der Waals surface area contributed by atoms with E-state index in [9.17, 15) is 9.59 Å². The summed E-state index contributed by atoms with van der Waals surface area (Å²) in [7, 11) is 1.52. The number of hydrogen-bond acceptors (Lipinski definition) is 4. The molecule has 24 heavy (non-hydrogen) atoms. The highest BCUT2D eigenvalue weighted by Gasteiger charge is 2.39. The van der Waals surface area contributed by atoms with Gasteiger partial charge in [0.1, 0.15) is 16.5 Å². The molecule has 0 bridgehead atoms. The maximum atomic E-state index is 12.7. The van der Waals surface area contributed by atoms with Crippen molar-refractivity contribution in [1.82, 2.24) is 0 Å². The molecule has 0 aromatic heterocycles. The number of halogens is 1. The molecule has 0 fully saturated rings. The number of nitrogens with zero attached hydrogens (tertiary/aromatic N) is 1. The summed E-state index contributed by atoms with van der Waals surface area (Å²) in [6, 6.07) is 14.1. The molecule has 0 radical (unpaired) electrons. The predicted octanol–water partition coefficient (Wildman–Crippen LogP) is 3.44. The van der Waals surface area contributed by atoms with Crippen LogP contribution in [0.1, 0.15) is 5.56 Å². The number of carbonyl (C=O) groups excluding carboxylic acids is 2. The van der Waals surface area contributed by atoms with Gasteiger partial charge in [-0.15, -0.1) is 0 Å². The number of nitrogens with one attached hydrogen (secondary N) is 1. The van der Waals surface area contributed by atoms with Crippen molar-refractivity contribution in [2.24, 2.45) is 0 Å². The largest absolute Gasteiger partial charge is 0.497 e. The zero-order chi connectivity index (χ0) is 17.3. The van der Waals surface area contributed by atoms with Gasteiger partial charge in [0.05, 0.1) is 12.8 Å². The monoisotopic (exact) mass is 342 g/mol. The highest BCUT2D eigenvalue weighted by Crippen LogP contribution is 2.31. The molecule has 0 aliphatic carbocycles. The van der Waals surface area contributed by atoms with Crippen LogP contribution in [0.15, 0.2) is 59.3 Å². The number of imide groups is 1. The minimum atomic E-state index is -0.565. The molecule has 0 unspecified atom stereocenters. The third-order valence-electron chi connectivity index (χ3n) is 3.63. The molecule has 2 aromatic rings. The van der Waals surface area contributed by atoms with Crippen LogP contribution >= 0.6 is 11.6 Å². The van der Waals surface area contributed by atoms with Gasteiger partial charge in [0.15, 0.2) is 0 Å². The van der Waals surface area contributed by atoms with Crippen molar-refractivity contribution < 1.29 is 14.3 Å². The van der Waals surface area contributed by atoms with Gasteiger partial charge < -0.3 is 10.1 Å². The number of methoxy groups -OCH3 is 1. The van der Waals surface area contributed by atoms with Crippen molar-refractivity contribution in [3.63, 3.8) is 0 Å². The minimum absolute atomic E-state index is 0.0649. The Balaban J connectivity index is 1.92. The summed E-state index contributed by atoms with van der Waals surface area (Å²) >= 11 is 6.11. The number of benzene rings is 2. The fourth-order valence-corrected chi connectivity index (χ4v) is 2.68. The minimum Gasteiger partial charge on any atom is -0.497 e. The van der Waals surface area contributed by atoms with Crippen molar-refractivity contribution in [3.05, 3.63) is 64.8 Å². The van der Waals surface area contributed by atoms with E-state index in [1.165, 1.54) is 7.11 Å². The molecular formula is C18H15ClN2O3. The van der Waals surface area contributed by atoms with Gasteiger partial charge >= 0.3 is 0 Å². The Morgan fingerprint density at radius 3 is 2.50 bits per heavy atom. The Bertz CT molecular complexity index is 861. The first-order valence-electron chi connectivity index (χ1n) is 7.27. The van der Waals surface area contributed by atoms with Crippen molar-refractivity contribution in [3.8, 4) is 5.75 Å². The molecule has 2 aromatic carbocycles. The highest BCUT2D eigenvalue weighted by molar-refractivity contribution is 6.53. The Morgan fingerprint density at radius 1 is 1.04 bits per heavy atom. The van der Waals surface area contributed by atoms with Crippen LogP contribution in [0, 0.1) is 6.92 Å². The molecule has 1 heterocycles. The van der Waals surface area contributed by atoms with Crippen molar-refractivity contribution in [1.29, 1.82) is 0 Å². The van der Waals surface area contributed by atoms with Crippen LogP contribution in [0.5, 0.6) is 5.75 Å². The summed E-state index contributed by atoms with van der Waals surface area (Å²) < 4.78 is 5.14. The molecule has 0 spiro atoms. The lowest BCUT2D eigenvalue weighted by Crippen LogP contribution is -2.32. The molecule has 1 N–H and O–H groups in total. The van der Waals surface area contributed by atoms with Crippen LogP contribution in [0.2, 0.25) is 0 Å².